The number of aryl methyl sites for hydroxylation is 1. The molecule has 1 aromatic heterocycles. The number of pyridine rings is 1. The molecule has 0 radical (unpaired) electrons. The summed E-state index contributed by atoms with van der Waals surface area (Å²) < 4.78 is 21.2. The molecule has 0 aliphatic heterocycles. The molecule has 0 saturated carbocycles. The first-order valence-corrected chi connectivity index (χ1v) is 9.59. The fourth-order valence-electron chi connectivity index (χ4n) is 2.38. The zero-order chi connectivity index (χ0) is 22.1. The third-order valence-electron chi connectivity index (χ3n) is 3.78. The molecule has 1 aromatic carbocycles. The van der Waals surface area contributed by atoms with E-state index in [-0.39, 0.29) is 35.7 Å². The summed E-state index contributed by atoms with van der Waals surface area (Å²) in [6.07, 6.45) is 1.14. The van der Waals surface area contributed by atoms with Crippen LogP contribution in [-0.4, -0.2) is 48.3 Å². The highest BCUT2D eigenvalue weighted by molar-refractivity contribution is 7.80. The second-order valence-electron chi connectivity index (χ2n) is 6.39. The van der Waals surface area contributed by atoms with E-state index in [1.54, 1.807) is 6.92 Å². The van der Waals surface area contributed by atoms with Crippen molar-refractivity contribution in [1.82, 2.24) is 10.3 Å². The van der Waals surface area contributed by atoms with Gasteiger partial charge in [0.05, 0.1) is 7.11 Å². The zero-order valence-electron chi connectivity index (χ0n) is 17.3. The van der Waals surface area contributed by atoms with Gasteiger partial charge in [0.1, 0.15) is 35.7 Å². The smallest absolute Gasteiger partial charge is 0.325 e. The summed E-state index contributed by atoms with van der Waals surface area (Å²) in [5, 5.41) is 2.75. The minimum Gasteiger partial charge on any atom is -0.493 e. The predicted octanol–water partition coefficient (Wildman–Crippen LogP) is 2.60. The van der Waals surface area contributed by atoms with E-state index in [9.17, 15) is 9.59 Å². The monoisotopic (exact) mass is 432 g/mol. The van der Waals surface area contributed by atoms with Gasteiger partial charge in [0.25, 0.3) is 0 Å². The molecule has 160 valence electrons. The maximum absolute atomic E-state index is 12.0. The van der Waals surface area contributed by atoms with Crippen molar-refractivity contribution in [3.05, 3.63) is 47.8 Å². The summed E-state index contributed by atoms with van der Waals surface area (Å²) in [5.74, 6) is 0.00834. The van der Waals surface area contributed by atoms with Crippen molar-refractivity contribution in [3.63, 3.8) is 0 Å². The minimum absolute atomic E-state index is 0.0806. The van der Waals surface area contributed by atoms with Gasteiger partial charge in [0, 0.05) is 19.2 Å². The van der Waals surface area contributed by atoms with E-state index in [0.29, 0.717) is 11.5 Å². The van der Waals surface area contributed by atoms with E-state index >= 15 is 0 Å². The van der Waals surface area contributed by atoms with Crippen LogP contribution in [-0.2, 0) is 14.3 Å². The zero-order valence-corrected chi connectivity index (χ0v) is 18.1. The molecular weight excluding hydrogens is 408 g/mol. The molecule has 1 N–H and O–H groups in total. The Morgan fingerprint density at radius 1 is 1.20 bits per heavy atom. The third kappa shape index (κ3) is 7.00. The molecule has 1 atom stereocenters. The van der Waals surface area contributed by atoms with Gasteiger partial charge >= 0.3 is 11.9 Å². The van der Waals surface area contributed by atoms with Gasteiger partial charge in [-0.25, -0.2) is 4.98 Å². The lowest BCUT2D eigenvalue weighted by molar-refractivity contribution is -0.144. The van der Waals surface area contributed by atoms with Crippen LogP contribution in [0.4, 0.5) is 0 Å². The largest absolute Gasteiger partial charge is 0.493 e. The van der Waals surface area contributed by atoms with Gasteiger partial charge in [-0.1, -0.05) is 29.9 Å². The van der Waals surface area contributed by atoms with Crippen LogP contribution in [0.5, 0.6) is 17.2 Å². The van der Waals surface area contributed by atoms with Gasteiger partial charge in [-0.15, -0.1) is 0 Å². The number of thiocarbonyl (C=S) groups is 1. The topological polar surface area (TPSA) is 96.0 Å². The number of nitrogens with zero attached hydrogens (tertiary/aromatic N) is 1. The minimum atomic E-state index is -0.549. The van der Waals surface area contributed by atoms with E-state index in [1.165, 1.54) is 26.3 Å². The molecule has 1 heterocycles. The van der Waals surface area contributed by atoms with Crippen LogP contribution in [0.3, 0.4) is 0 Å². The summed E-state index contributed by atoms with van der Waals surface area (Å²) in [6.45, 7) is 4.94. The number of hydrogen-bond acceptors (Lipinski definition) is 8. The molecule has 30 heavy (non-hydrogen) atoms. The van der Waals surface area contributed by atoms with Crippen molar-refractivity contribution in [2.24, 2.45) is 0 Å². The summed E-state index contributed by atoms with van der Waals surface area (Å²) in [7, 11) is 1.43. The van der Waals surface area contributed by atoms with Crippen molar-refractivity contribution in [1.29, 1.82) is 0 Å². The van der Waals surface area contributed by atoms with E-state index < -0.39 is 11.9 Å². The molecule has 0 spiro atoms. The van der Waals surface area contributed by atoms with Crippen LogP contribution in [0.1, 0.15) is 25.1 Å². The fraction of sp³-hybridized carbons (Fsp3) is 0.333. The van der Waals surface area contributed by atoms with Gasteiger partial charge in [-0.05, 0) is 26.0 Å². The van der Waals surface area contributed by atoms with Gasteiger partial charge < -0.3 is 24.3 Å². The lowest BCUT2D eigenvalue weighted by atomic mass is 10.2. The summed E-state index contributed by atoms with van der Waals surface area (Å²) >= 11 is 5.27. The van der Waals surface area contributed by atoms with E-state index in [1.807, 2.05) is 31.2 Å². The number of aromatic nitrogens is 1. The first-order chi connectivity index (χ1) is 14.3. The lowest BCUT2D eigenvalue weighted by Gasteiger charge is -2.16. The average Bonchev–Trinajstić information content (AvgIpc) is 2.72. The van der Waals surface area contributed by atoms with Gasteiger partial charge in [0.2, 0.25) is 5.75 Å². The Morgan fingerprint density at radius 3 is 2.53 bits per heavy atom. The third-order valence-corrected chi connectivity index (χ3v) is 4.12. The fourth-order valence-corrected chi connectivity index (χ4v) is 2.59. The molecule has 0 saturated heterocycles. The SMILES string of the molecule is COc1ccnc(C(=S)NCC(=O)OCC(C)Oc2ccc(C)cc2)c1OC(C)=O. The van der Waals surface area contributed by atoms with Crippen LogP contribution in [0.2, 0.25) is 0 Å². The molecule has 0 amide bonds. The van der Waals surface area contributed by atoms with E-state index in [2.05, 4.69) is 10.3 Å². The quantitative estimate of drug-likeness (QED) is 0.474. The van der Waals surface area contributed by atoms with Gasteiger partial charge in [-0.2, -0.15) is 0 Å². The molecule has 0 aliphatic rings. The number of benzene rings is 1. The number of esters is 2. The Morgan fingerprint density at radius 2 is 1.90 bits per heavy atom. The first-order valence-electron chi connectivity index (χ1n) is 9.18. The Labute approximate surface area is 180 Å². The maximum Gasteiger partial charge on any atom is 0.325 e. The number of carbonyl (C=O) groups excluding carboxylic acids is 2. The highest BCUT2D eigenvalue weighted by atomic mass is 32.1. The first kappa shape index (κ1) is 23.1. The Bertz CT molecular complexity index is 901. The van der Waals surface area contributed by atoms with Crippen molar-refractivity contribution in [3.8, 4) is 17.2 Å². The van der Waals surface area contributed by atoms with Crippen molar-refractivity contribution in [2.75, 3.05) is 20.3 Å². The van der Waals surface area contributed by atoms with Crippen molar-refractivity contribution in [2.45, 2.75) is 26.9 Å². The Kier molecular flexibility index (Phi) is 8.54. The van der Waals surface area contributed by atoms with Crippen LogP contribution in [0, 0.1) is 6.92 Å². The standard InChI is InChI=1S/C21H24N2O6S/c1-13-5-7-16(8-6-13)28-14(2)12-27-18(25)11-23-21(30)19-20(29-15(3)24)17(26-4)9-10-22-19/h5-10,14H,11-12H2,1-4H3,(H,23,30). The average molecular weight is 432 g/mol. The molecular formula is C21H24N2O6S. The number of ether oxygens (including phenoxy) is 4. The highest BCUT2D eigenvalue weighted by Gasteiger charge is 2.19. The molecule has 1 unspecified atom stereocenters. The van der Waals surface area contributed by atoms with E-state index in [4.69, 9.17) is 31.2 Å². The number of hydrogen-bond donors (Lipinski definition) is 1. The molecule has 0 aliphatic carbocycles. The highest BCUT2D eigenvalue weighted by Crippen LogP contribution is 2.29. The van der Waals surface area contributed by atoms with E-state index in [0.717, 1.165) is 5.56 Å². The normalized spacial score (nSPS) is 11.2. The number of carbonyl (C=O) groups is 2. The molecule has 9 heteroatoms. The lowest BCUT2D eigenvalue weighted by Crippen LogP contribution is -2.32. The van der Waals surface area contributed by atoms with Gasteiger partial charge in [0.15, 0.2) is 5.75 Å². The molecule has 2 rings (SSSR count). The summed E-state index contributed by atoms with van der Waals surface area (Å²) in [6, 6.07) is 9.13. The second kappa shape index (κ2) is 11.1. The second-order valence-corrected chi connectivity index (χ2v) is 6.80. The predicted molar refractivity (Wildman–Crippen MR) is 114 cm³/mol. The van der Waals surface area contributed by atoms with Crippen LogP contribution >= 0.6 is 12.2 Å². The Hall–Kier alpha value is -3.20. The molecule has 8 nitrogen and oxygen atoms in total. The number of rotatable bonds is 9. The maximum atomic E-state index is 12.0. The summed E-state index contributed by atoms with van der Waals surface area (Å²) in [5.41, 5.74) is 1.31. The van der Waals surface area contributed by atoms with Gasteiger partial charge in [-0.3, -0.25) is 9.59 Å². The van der Waals surface area contributed by atoms with Crippen molar-refractivity contribution >= 4 is 29.1 Å². The van der Waals surface area contributed by atoms with Crippen LogP contribution < -0.4 is 19.5 Å². The van der Waals surface area contributed by atoms with Crippen molar-refractivity contribution < 1.29 is 28.5 Å². The summed E-state index contributed by atoms with van der Waals surface area (Å²) in [4.78, 5) is 27.6. The van der Waals surface area contributed by atoms with Crippen LogP contribution in [0.25, 0.3) is 0 Å². The Balaban J connectivity index is 1.86. The number of methoxy groups -OCH3 is 1. The molecule has 0 bridgehead atoms. The molecule has 2 aromatic rings. The molecule has 0 fully saturated rings. The number of nitrogens with one attached hydrogen (secondary N) is 1. The van der Waals surface area contributed by atoms with Crippen LogP contribution in [0.15, 0.2) is 36.5 Å².